The first-order valence-corrected chi connectivity index (χ1v) is 11.7. The summed E-state index contributed by atoms with van der Waals surface area (Å²) in [5.74, 6) is 0.673. The van der Waals surface area contributed by atoms with Crippen molar-refractivity contribution in [3.05, 3.63) is 47.2 Å². The van der Waals surface area contributed by atoms with Gasteiger partial charge in [0.2, 0.25) is 0 Å². The minimum Gasteiger partial charge on any atom is -0.470 e. The lowest BCUT2D eigenvalue weighted by atomic mass is 10.1. The van der Waals surface area contributed by atoms with E-state index in [1.165, 1.54) is 11.0 Å². The zero-order chi connectivity index (χ0) is 21.9. The van der Waals surface area contributed by atoms with E-state index in [1.54, 1.807) is 13.0 Å². The maximum atomic E-state index is 11.6. The van der Waals surface area contributed by atoms with Gasteiger partial charge < -0.3 is 15.2 Å². The number of likely N-dealkylation sites (tertiary alicyclic amines) is 1. The van der Waals surface area contributed by atoms with Crippen molar-refractivity contribution in [1.82, 2.24) is 9.88 Å². The number of sulfone groups is 1. The Labute approximate surface area is 176 Å². The van der Waals surface area contributed by atoms with Crippen LogP contribution in [0.4, 0.5) is 10.5 Å². The second-order valence-electron chi connectivity index (χ2n) is 7.55. The molecule has 3 rings (SSSR count). The fourth-order valence-electron chi connectivity index (χ4n) is 3.47. The van der Waals surface area contributed by atoms with Gasteiger partial charge >= 0.3 is 6.09 Å². The second kappa shape index (κ2) is 8.91. The summed E-state index contributed by atoms with van der Waals surface area (Å²) in [6, 6.07) is 8.98. The van der Waals surface area contributed by atoms with Crippen LogP contribution in [-0.2, 0) is 16.4 Å². The molecule has 1 aromatic carbocycles. The van der Waals surface area contributed by atoms with Gasteiger partial charge in [-0.15, -0.1) is 0 Å². The van der Waals surface area contributed by atoms with E-state index in [4.69, 9.17) is 4.74 Å². The highest BCUT2D eigenvalue weighted by atomic mass is 32.2. The molecular weight excluding hydrogens is 406 g/mol. The number of aryl methyl sites for hydroxylation is 2. The number of carboxylic acid groups (broad SMARTS) is 1. The van der Waals surface area contributed by atoms with Crippen LogP contribution in [0.25, 0.3) is 0 Å². The topological polar surface area (TPSA) is 109 Å². The predicted molar refractivity (Wildman–Crippen MR) is 114 cm³/mol. The lowest BCUT2D eigenvalue weighted by Crippen LogP contribution is -2.46. The second-order valence-corrected chi connectivity index (χ2v) is 9.51. The molecule has 2 heterocycles. The number of amides is 1. The van der Waals surface area contributed by atoms with E-state index in [9.17, 15) is 18.3 Å². The number of aromatic nitrogens is 1. The van der Waals surface area contributed by atoms with Crippen molar-refractivity contribution in [3.8, 4) is 5.75 Å². The summed E-state index contributed by atoms with van der Waals surface area (Å²) in [4.78, 5) is 16.9. The number of piperidine rings is 1. The highest BCUT2D eigenvalue weighted by Crippen LogP contribution is 2.26. The van der Waals surface area contributed by atoms with Gasteiger partial charge in [-0.3, -0.25) is 4.90 Å². The van der Waals surface area contributed by atoms with Crippen molar-refractivity contribution < 1.29 is 23.1 Å². The van der Waals surface area contributed by atoms with Crippen LogP contribution in [0.1, 0.15) is 36.1 Å². The Bertz CT molecular complexity index is 1040. The standard InChI is InChI=1S/C21H27N3O5S/c1-14-12-16(13-22-17-8-10-19(23-15(17)2)30(3,27)28)7-9-18(14)29-20-6-4-5-11-24(20)21(25)26/h7-10,12,20,22H,4-6,11,13H2,1-3H3,(H,25,26). The van der Waals surface area contributed by atoms with Crippen LogP contribution in [-0.4, -0.2) is 48.5 Å². The van der Waals surface area contributed by atoms with Crippen LogP contribution >= 0.6 is 0 Å². The van der Waals surface area contributed by atoms with Crippen molar-refractivity contribution in [3.63, 3.8) is 0 Å². The maximum absolute atomic E-state index is 11.6. The number of hydrogen-bond donors (Lipinski definition) is 2. The van der Waals surface area contributed by atoms with E-state index in [2.05, 4.69) is 10.3 Å². The Morgan fingerprint density at radius 1 is 1.27 bits per heavy atom. The first-order chi connectivity index (χ1) is 14.1. The van der Waals surface area contributed by atoms with Crippen molar-refractivity contribution in [2.75, 3.05) is 18.1 Å². The predicted octanol–water partition coefficient (Wildman–Crippen LogP) is 3.58. The fraction of sp³-hybridized carbons (Fsp3) is 0.429. The highest BCUT2D eigenvalue weighted by molar-refractivity contribution is 7.90. The van der Waals surface area contributed by atoms with Crippen molar-refractivity contribution in [1.29, 1.82) is 0 Å². The van der Waals surface area contributed by atoms with Crippen LogP contribution < -0.4 is 10.1 Å². The quantitative estimate of drug-likeness (QED) is 0.717. The minimum atomic E-state index is -3.33. The summed E-state index contributed by atoms with van der Waals surface area (Å²) in [5, 5.41) is 12.7. The first kappa shape index (κ1) is 21.9. The third-order valence-corrected chi connectivity index (χ3v) is 6.11. The maximum Gasteiger partial charge on any atom is 0.410 e. The molecule has 1 fully saturated rings. The number of nitrogens with one attached hydrogen (secondary N) is 1. The molecule has 2 aromatic rings. The van der Waals surface area contributed by atoms with Gasteiger partial charge in [0.25, 0.3) is 0 Å². The number of rotatable bonds is 6. The largest absolute Gasteiger partial charge is 0.470 e. The monoisotopic (exact) mass is 433 g/mol. The van der Waals surface area contributed by atoms with Crippen molar-refractivity contribution in [2.45, 2.75) is 50.9 Å². The lowest BCUT2D eigenvalue weighted by molar-refractivity contribution is 0.00558. The molecule has 0 radical (unpaired) electrons. The molecule has 1 atom stereocenters. The number of ether oxygens (including phenoxy) is 1. The molecule has 1 aliphatic rings. The number of hydrogen-bond acceptors (Lipinski definition) is 6. The van der Waals surface area contributed by atoms with Gasteiger partial charge in [0.15, 0.2) is 21.1 Å². The molecule has 0 spiro atoms. The number of pyridine rings is 1. The summed E-state index contributed by atoms with van der Waals surface area (Å²) in [6.07, 6.45) is 2.21. The molecule has 1 amide bonds. The third-order valence-electron chi connectivity index (χ3n) is 5.12. The average molecular weight is 434 g/mol. The molecule has 1 aromatic heterocycles. The normalized spacial score (nSPS) is 16.9. The van der Waals surface area contributed by atoms with E-state index >= 15 is 0 Å². The van der Waals surface area contributed by atoms with Crippen molar-refractivity contribution >= 4 is 21.6 Å². The first-order valence-electron chi connectivity index (χ1n) is 9.82. The Hall–Kier alpha value is -2.81. The molecule has 2 N–H and O–H groups in total. The molecular formula is C21H27N3O5S. The van der Waals surface area contributed by atoms with E-state index in [-0.39, 0.29) is 5.03 Å². The van der Waals surface area contributed by atoms with Gasteiger partial charge in [0.05, 0.1) is 11.4 Å². The molecule has 162 valence electrons. The van der Waals surface area contributed by atoms with Crippen molar-refractivity contribution in [2.24, 2.45) is 0 Å². The van der Waals surface area contributed by atoms with Crippen LogP contribution in [0.3, 0.4) is 0 Å². The summed E-state index contributed by atoms with van der Waals surface area (Å²) in [7, 11) is -3.33. The Morgan fingerprint density at radius 2 is 2.03 bits per heavy atom. The van der Waals surface area contributed by atoms with Gasteiger partial charge in [-0.25, -0.2) is 18.2 Å². The molecule has 8 nitrogen and oxygen atoms in total. The number of benzene rings is 1. The van der Waals surface area contributed by atoms with Crippen LogP contribution in [0.5, 0.6) is 5.75 Å². The molecule has 1 unspecified atom stereocenters. The zero-order valence-corrected chi connectivity index (χ0v) is 18.2. The zero-order valence-electron chi connectivity index (χ0n) is 17.4. The molecule has 30 heavy (non-hydrogen) atoms. The molecule has 1 aliphatic heterocycles. The SMILES string of the molecule is Cc1cc(CNc2ccc(S(C)(=O)=O)nc2C)ccc1OC1CCCCN1C(=O)O. The average Bonchev–Trinajstić information content (AvgIpc) is 2.68. The van der Waals surface area contributed by atoms with Gasteiger partial charge in [0, 0.05) is 25.8 Å². The Morgan fingerprint density at radius 3 is 2.67 bits per heavy atom. The number of anilines is 1. The van der Waals surface area contributed by atoms with Gasteiger partial charge in [0.1, 0.15) is 5.75 Å². The van der Waals surface area contributed by atoms with Gasteiger partial charge in [-0.05, 0) is 56.0 Å². The highest BCUT2D eigenvalue weighted by Gasteiger charge is 2.28. The van der Waals surface area contributed by atoms with Gasteiger partial charge in [-0.1, -0.05) is 12.1 Å². The molecule has 0 saturated carbocycles. The van der Waals surface area contributed by atoms with E-state index in [1.807, 2.05) is 25.1 Å². The van der Waals surface area contributed by atoms with Crippen LogP contribution in [0.2, 0.25) is 0 Å². The summed E-state index contributed by atoms with van der Waals surface area (Å²) < 4.78 is 29.2. The fourth-order valence-corrected chi connectivity index (χ4v) is 4.09. The van der Waals surface area contributed by atoms with Gasteiger partial charge in [-0.2, -0.15) is 0 Å². The summed E-state index contributed by atoms with van der Waals surface area (Å²) >= 11 is 0. The summed E-state index contributed by atoms with van der Waals surface area (Å²) in [6.45, 7) is 4.72. The van der Waals surface area contributed by atoms with Crippen LogP contribution in [0.15, 0.2) is 35.4 Å². The van der Waals surface area contributed by atoms with E-state index < -0.39 is 22.2 Å². The molecule has 1 saturated heterocycles. The number of nitrogens with zero attached hydrogens (tertiary/aromatic N) is 2. The van der Waals surface area contributed by atoms with Crippen LogP contribution in [0, 0.1) is 13.8 Å². The Kier molecular flexibility index (Phi) is 6.50. The molecule has 9 heteroatoms. The Balaban J connectivity index is 1.66. The summed E-state index contributed by atoms with van der Waals surface area (Å²) in [5.41, 5.74) is 3.32. The third kappa shape index (κ3) is 5.21. The van der Waals surface area contributed by atoms with E-state index in [0.29, 0.717) is 31.0 Å². The minimum absolute atomic E-state index is 0.0565. The number of carbonyl (C=O) groups is 1. The smallest absolute Gasteiger partial charge is 0.410 e. The molecule has 0 bridgehead atoms. The lowest BCUT2D eigenvalue weighted by Gasteiger charge is -2.33. The van der Waals surface area contributed by atoms with E-state index in [0.717, 1.165) is 35.9 Å². The molecule has 0 aliphatic carbocycles.